The van der Waals surface area contributed by atoms with Crippen molar-refractivity contribution in [3.8, 4) is 0 Å². The quantitative estimate of drug-likeness (QED) is 0.474. The summed E-state index contributed by atoms with van der Waals surface area (Å²) in [5, 5.41) is 19.6. The van der Waals surface area contributed by atoms with Crippen molar-refractivity contribution in [3.05, 3.63) is 40.0 Å². The Morgan fingerprint density at radius 1 is 1.52 bits per heavy atom. The lowest BCUT2D eigenvalue weighted by Crippen LogP contribution is -2.23. The number of rotatable bonds is 7. The minimum Gasteiger partial charge on any atom is -0.478 e. The molecule has 6 heteroatoms. The summed E-state index contributed by atoms with van der Waals surface area (Å²) in [5.74, 6) is -0.633. The average Bonchev–Trinajstić information content (AvgIpc) is 2.44. The van der Waals surface area contributed by atoms with Crippen molar-refractivity contribution in [2.45, 2.75) is 20.3 Å². The third-order valence-corrected chi connectivity index (χ3v) is 3.34. The molecular weight excluding hydrogens is 272 g/mol. The van der Waals surface area contributed by atoms with Crippen LogP contribution in [0.5, 0.6) is 0 Å². The molecule has 1 aromatic carbocycles. The number of hydrogen-bond acceptors (Lipinski definition) is 4. The number of carbonyl (C=O) groups is 1. The lowest BCUT2D eigenvalue weighted by molar-refractivity contribution is -0.385. The summed E-state index contributed by atoms with van der Waals surface area (Å²) >= 11 is 0. The standard InChI is InChI=1S/C15H20N2O4/c1-4-11(2)10-16(3)13-6-7-14(17(20)21)12(9-13)5-8-15(18)19/h5-9,11H,4,10H2,1-3H3,(H,18,19)/b8-5+. The van der Waals surface area contributed by atoms with Crippen molar-refractivity contribution in [3.63, 3.8) is 0 Å². The largest absolute Gasteiger partial charge is 0.478 e. The molecule has 1 aromatic rings. The molecule has 1 atom stereocenters. The lowest BCUT2D eigenvalue weighted by Gasteiger charge is -2.23. The highest BCUT2D eigenvalue weighted by Gasteiger charge is 2.14. The number of hydrogen-bond donors (Lipinski definition) is 1. The van der Waals surface area contributed by atoms with Crippen molar-refractivity contribution in [2.75, 3.05) is 18.5 Å². The number of nitrogens with zero attached hydrogens (tertiary/aromatic N) is 2. The molecule has 21 heavy (non-hydrogen) atoms. The average molecular weight is 292 g/mol. The van der Waals surface area contributed by atoms with Crippen molar-refractivity contribution >= 4 is 23.4 Å². The van der Waals surface area contributed by atoms with Gasteiger partial charge in [-0.25, -0.2) is 4.79 Å². The second kappa shape index (κ2) is 7.42. The van der Waals surface area contributed by atoms with E-state index in [-0.39, 0.29) is 11.3 Å². The number of nitro groups is 1. The Kier molecular flexibility index (Phi) is 5.90. The first-order valence-electron chi connectivity index (χ1n) is 6.75. The summed E-state index contributed by atoms with van der Waals surface area (Å²) in [6, 6.07) is 4.72. The van der Waals surface area contributed by atoms with E-state index in [2.05, 4.69) is 13.8 Å². The Morgan fingerprint density at radius 3 is 2.71 bits per heavy atom. The van der Waals surface area contributed by atoms with Gasteiger partial charge in [0.15, 0.2) is 0 Å². The lowest BCUT2D eigenvalue weighted by atomic mass is 10.1. The predicted octanol–water partition coefficient (Wildman–Crippen LogP) is 3.17. The van der Waals surface area contributed by atoms with Gasteiger partial charge in [0.25, 0.3) is 5.69 Å². The molecular formula is C15H20N2O4. The van der Waals surface area contributed by atoms with Crippen molar-refractivity contribution < 1.29 is 14.8 Å². The highest BCUT2D eigenvalue weighted by atomic mass is 16.6. The van der Waals surface area contributed by atoms with Crippen LogP contribution in [0.1, 0.15) is 25.8 Å². The molecule has 114 valence electrons. The van der Waals surface area contributed by atoms with Crippen molar-refractivity contribution in [2.24, 2.45) is 5.92 Å². The molecule has 6 nitrogen and oxygen atoms in total. The second-order valence-corrected chi connectivity index (χ2v) is 5.07. The van der Waals surface area contributed by atoms with Gasteiger partial charge in [-0.3, -0.25) is 10.1 Å². The summed E-state index contributed by atoms with van der Waals surface area (Å²) in [5.41, 5.74) is 1.01. The molecule has 0 saturated heterocycles. The molecule has 0 fully saturated rings. The van der Waals surface area contributed by atoms with E-state index < -0.39 is 10.9 Å². The van der Waals surface area contributed by atoms with Crippen LogP contribution in [-0.2, 0) is 4.79 Å². The SMILES string of the molecule is CCC(C)CN(C)c1ccc([N+](=O)[O-])c(/C=C/C(=O)O)c1. The van der Waals surface area contributed by atoms with Crippen LogP contribution >= 0.6 is 0 Å². The van der Waals surface area contributed by atoms with Gasteiger partial charge in [0.05, 0.1) is 10.5 Å². The molecule has 0 aliphatic carbocycles. The Labute approximate surface area is 123 Å². The summed E-state index contributed by atoms with van der Waals surface area (Å²) in [4.78, 5) is 23.1. The summed E-state index contributed by atoms with van der Waals surface area (Å²) in [7, 11) is 1.91. The molecule has 1 rings (SSSR count). The fourth-order valence-corrected chi connectivity index (χ4v) is 1.94. The normalized spacial score (nSPS) is 12.3. The number of aliphatic carboxylic acids is 1. The maximum absolute atomic E-state index is 11.0. The van der Waals surface area contributed by atoms with Gasteiger partial charge in [-0.15, -0.1) is 0 Å². The fourth-order valence-electron chi connectivity index (χ4n) is 1.94. The molecule has 1 unspecified atom stereocenters. The molecule has 0 aromatic heterocycles. The van der Waals surface area contributed by atoms with Gasteiger partial charge in [0.2, 0.25) is 0 Å². The third-order valence-electron chi connectivity index (χ3n) is 3.34. The second-order valence-electron chi connectivity index (χ2n) is 5.07. The van der Waals surface area contributed by atoms with Crippen molar-refractivity contribution in [1.82, 2.24) is 0 Å². The van der Waals surface area contributed by atoms with E-state index in [4.69, 9.17) is 5.11 Å². The van der Waals surface area contributed by atoms with Gasteiger partial charge in [-0.05, 0) is 24.1 Å². The molecule has 1 N–H and O–H groups in total. The topological polar surface area (TPSA) is 83.7 Å². The van der Waals surface area contributed by atoms with Crippen LogP contribution in [0.3, 0.4) is 0 Å². The van der Waals surface area contributed by atoms with E-state index in [1.165, 1.54) is 12.1 Å². The monoisotopic (exact) mass is 292 g/mol. The first-order chi connectivity index (χ1) is 9.85. The van der Waals surface area contributed by atoms with Crippen LogP contribution in [-0.4, -0.2) is 29.6 Å². The summed E-state index contributed by atoms with van der Waals surface area (Å²) < 4.78 is 0. The molecule has 0 saturated carbocycles. The summed E-state index contributed by atoms with van der Waals surface area (Å²) in [6.45, 7) is 5.07. The molecule has 0 aliphatic heterocycles. The van der Waals surface area contributed by atoms with E-state index in [0.717, 1.165) is 24.7 Å². The van der Waals surface area contributed by atoms with Crippen LogP contribution in [0.15, 0.2) is 24.3 Å². The van der Waals surface area contributed by atoms with Gasteiger partial charge in [-0.2, -0.15) is 0 Å². The van der Waals surface area contributed by atoms with Crippen LogP contribution in [0.2, 0.25) is 0 Å². The van der Waals surface area contributed by atoms with Crippen molar-refractivity contribution in [1.29, 1.82) is 0 Å². The third kappa shape index (κ3) is 4.91. The first-order valence-corrected chi connectivity index (χ1v) is 6.75. The maximum atomic E-state index is 11.0. The molecule has 0 aliphatic rings. The molecule has 0 radical (unpaired) electrons. The van der Waals surface area contributed by atoms with E-state index in [1.807, 2.05) is 11.9 Å². The minimum absolute atomic E-state index is 0.104. The number of carboxylic acids is 1. The van der Waals surface area contributed by atoms with Crippen LogP contribution in [0.25, 0.3) is 6.08 Å². The number of benzene rings is 1. The zero-order valence-electron chi connectivity index (χ0n) is 12.4. The predicted molar refractivity (Wildman–Crippen MR) is 82.5 cm³/mol. The zero-order valence-corrected chi connectivity index (χ0v) is 12.4. The molecule has 0 spiro atoms. The minimum atomic E-state index is -1.14. The maximum Gasteiger partial charge on any atom is 0.328 e. The highest BCUT2D eigenvalue weighted by Crippen LogP contribution is 2.26. The first kappa shape index (κ1) is 16.7. The van der Waals surface area contributed by atoms with E-state index in [1.54, 1.807) is 12.1 Å². The van der Waals surface area contributed by atoms with Gasteiger partial charge in [-0.1, -0.05) is 20.3 Å². The van der Waals surface area contributed by atoms with Gasteiger partial charge in [0.1, 0.15) is 0 Å². The number of nitro benzene ring substituents is 1. The van der Waals surface area contributed by atoms with E-state index in [0.29, 0.717) is 5.92 Å². The van der Waals surface area contributed by atoms with Crippen LogP contribution in [0.4, 0.5) is 11.4 Å². The van der Waals surface area contributed by atoms with Crippen LogP contribution < -0.4 is 4.90 Å². The Bertz CT molecular complexity index is 555. The molecule has 0 heterocycles. The number of anilines is 1. The van der Waals surface area contributed by atoms with E-state index in [9.17, 15) is 14.9 Å². The van der Waals surface area contributed by atoms with Gasteiger partial charge in [0, 0.05) is 31.4 Å². The Balaban J connectivity index is 3.11. The van der Waals surface area contributed by atoms with E-state index >= 15 is 0 Å². The fraction of sp³-hybridized carbons (Fsp3) is 0.400. The molecule has 0 bridgehead atoms. The smallest absolute Gasteiger partial charge is 0.328 e. The molecule has 0 amide bonds. The van der Waals surface area contributed by atoms with Crippen LogP contribution in [0, 0.1) is 16.0 Å². The number of carboxylic acid groups (broad SMARTS) is 1. The summed E-state index contributed by atoms with van der Waals surface area (Å²) in [6.07, 6.45) is 3.20. The highest BCUT2D eigenvalue weighted by molar-refractivity contribution is 5.86. The Morgan fingerprint density at radius 2 is 2.19 bits per heavy atom. The van der Waals surface area contributed by atoms with Gasteiger partial charge >= 0.3 is 5.97 Å². The van der Waals surface area contributed by atoms with Gasteiger partial charge < -0.3 is 10.0 Å². The zero-order chi connectivity index (χ0) is 16.0. The Hall–Kier alpha value is -2.37.